The molecule has 2 atom stereocenters. The quantitative estimate of drug-likeness (QED) is 0.172. The number of ketones is 1. The van der Waals surface area contributed by atoms with E-state index in [2.05, 4.69) is 31.1 Å². The van der Waals surface area contributed by atoms with E-state index in [1.54, 1.807) is 54.6 Å². The van der Waals surface area contributed by atoms with Gasteiger partial charge in [-0.25, -0.2) is 4.57 Å². The van der Waals surface area contributed by atoms with Gasteiger partial charge in [0.1, 0.15) is 25.4 Å². The minimum atomic E-state index is -3.92. The summed E-state index contributed by atoms with van der Waals surface area (Å²) in [6, 6.07) is 17.5. The first-order chi connectivity index (χ1) is 15.7. The second kappa shape index (κ2) is 11.5. The average Bonchev–Trinajstić information content (AvgIpc) is 3.12. The van der Waals surface area contributed by atoms with Crippen LogP contribution in [0.2, 0.25) is 19.6 Å². The highest BCUT2D eigenvalue weighted by molar-refractivity contribution is 7.49. The van der Waals surface area contributed by atoms with Crippen molar-refractivity contribution in [3.63, 3.8) is 0 Å². The molecule has 0 bridgehead atoms. The summed E-state index contributed by atoms with van der Waals surface area (Å²) in [6.07, 6.45) is 5.66. The number of phosphoric acid groups is 1. The second-order valence-electron chi connectivity index (χ2n) is 9.00. The lowest BCUT2D eigenvalue weighted by molar-refractivity contribution is -0.120. The third-order valence-electron chi connectivity index (χ3n) is 5.04. The number of benzene rings is 2. The van der Waals surface area contributed by atoms with E-state index in [9.17, 15) is 9.36 Å². The second-order valence-corrected chi connectivity index (χ2v) is 15.3. The summed E-state index contributed by atoms with van der Waals surface area (Å²) < 4.78 is 30.0. The van der Waals surface area contributed by atoms with E-state index in [1.807, 2.05) is 18.2 Å². The van der Waals surface area contributed by atoms with Crippen molar-refractivity contribution in [2.45, 2.75) is 38.9 Å². The van der Waals surface area contributed by atoms with E-state index >= 15 is 0 Å². The fourth-order valence-electron chi connectivity index (χ4n) is 3.42. The number of allylic oxidation sites excluding steroid dienone is 1. The summed E-state index contributed by atoms with van der Waals surface area (Å²) in [5.74, 6) is 4.44. The van der Waals surface area contributed by atoms with Crippen molar-refractivity contribution in [3.8, 4) is 23.0 Å². The topological polar surface area (TPSA) is 61.8 Å². The Morgan fingerprint density at radius 3 is 2.09 bits per heavy atom. The molecule has 1 saturated carbocycles. The number of carbonyl (C=O) groups excluding carboxylic acids is 1. The van der Waals surface area contributed by atoms with Crippen LogP contribution in [0.1, 0.15) is 19.3 Å². The number of Topliss-reactive ketones (excluding diaryl/α,β-unsaturated/α-hetero) is 1. The molecule has 0 N–H and O–H groups in total. The molecule has 0 saturated heterocycles. The summed E-state index contributed by atoms with van der Waals surface area (Å²) in [7, 11) is -5.39. The van der Waals surface area contributed by atoms with Gasteiger partial charge in [-0.1, -0.05) is 68.2 Å². The van der Waals surface area contributed by atoms with Gasteiger partial charge < -0.3 is 9.05 Å². The first-order valence-corrected chi connectivity index (χ1v) is 16.1. The lowest BCUT2D eigenvalue weighted by atomic mass is 9.93. The van der Waals surface area contributed by atoms with Crippen LogP contribution in [0.5, 0.6) is 11.5 Å². The molecule has 0 spiro atoms. The van der Waals surface area contributed by atoms with Crippen LogP contribution in [0, 0.1) is 23.3 Å². The molecule has 1 fully saturated rings. The van der Waals surface area contributed by atoms with Crippen LogP contribution >= 0.6 is 7.82 Å². The van der Waals surface area contributed by atoms with E-state index in [0.29, 0.717) is 24.3 Å². The van der Waals surface area contributed by atoms with Gasteiger partial charge in [-0.05, 0) is 37.1 Å². The van der Waals surface area contributed by atoms with E-state index in [0.717, 1.165) is 6.42 Å². The number of para-hydroxylation sites is 2. The van der Waals surface area contributed by atoms with Crippen LogP contribution in [0.15, 0.2) is 72.8 Å². The highest BCUT2D eigenvalue weighted by atomic mass is 31.2. The molecule has 1 aliphatic rings. The van der Waals surface area contributed by atoms with Crippen molar-refractivity contribution in [2.24, 2.45) is 11.8 Å². The molecule has 33 heavy (non-hydrogen) atoms. The van der Waals surface area contributed by atoms with Crippen LogP contribution in [0.25, 0.3) is 0 Å². The lowest BCUT2D eigenvalue weighted by Gasteiger charge is -2.18. The zero-order valence-corrected chi connectivity index (χ0v) is 21.3. The average molecular weight is 483 g/mol. The summed E-state index contributed by atoms with van der Waals surface area (Å²) in [6.45, 7) is 6.64. The van der Waals surface area contributed by atoms with Crippen LogP contribution in [-0.2, 0) is 13.9 Å². The Kier molecular flexibility index (Phi) is 8.74. The summed E-state index contributed by atoms with van der Waals surface area (Å²) in [5.41, 5.74) is 3.40. The highest BCUT2D eigenvalue weighted by Gasteiger charge is 2.33. The number of rotatable bonds is 9. The monoisotopic (exact) mass is 482 g/mol. The molecule has 7 heteroatoms. The van der Waals surface area contributed by atoms with E-state index in [4.69, 9.17) is 13.6 Å². The predicted octanol–water partition coefficient (Wildman–Crippen LogP) is 6.69. The van der Waals surface area contributed by atoms with Crippen LogP contribution in [0.3, 0.4) is 0 Å². The van der Waals surface area contributed by atoms with Crippen LogP contribution < -0.4 is 9.05 Å². The molecule has 0 amide bonds. The Hall–Kier alpha value is -2.58. The van der Waals surface area contributed by atoms with Gasteiger partial charge >= 0.3 is 7.82 Å². The van der Waals surface area contributed by atoms with Gasteiger partial charge in [0.25, 0.3) is 0 Å². The lowest BCUT2D eigenvalue weighted by Crippen LogP contribution is -2.18. The molecule has 0 aromatic heterocycles. The number of carbonyl (C=O) groups is 1. The van der Waals surface area contributed by atoms with Gasteiger partial charge in [0.05, 0.1) is 6.61 Å². The van der Waals surface area contributed by atoms with E-state index in [-0.39, 0.29) is 24.2 Å². The predicted molar refractivity (Wildman–Crippen MR) is 134 cm³/mol. The largest absolute Gasteiger partial charge is 0.587 e. The standard InChI is InChI=1S/C26H31O5PSi/c1-33(2,3)21-19-22-17-18-26(27)25(22)16-10-11-20-29-32(28,30-23-12-6-4-7-13-23)31-24-14-8-5-9-15-24/h4-15,22,25H,16-18,20H2,1-3H3/b11-10-/t22-,25+/m1/s1. The van der Waals surface area contributed by atoms with Gasteiger partial charge in [-0.15, -0.1) is 11.5 Å². The maximum Gasteiger partial charge on any atom is 0.587 e. The Morgan fingerprint density at radius 2 is 1.55 bits per heavy atom. The van der Waals surface area contributed by atoms with Gasteiger partial charge in [0.2, 0.25) is 0 Å². The van der Waals surface area contributed by atoms with E-state index in [1.165, 1.54) is 0 Å². The summed E-state index contributed by atoms with van der Waals surface area (Å²) in [4.78, 5) is 12.3. The molecule has 0 radical (unpaired) electrons. The molecule has 0 aliphatic heterocycles. The normalized spacial score (nSPS) is 18.7. The first-order valence-electron chi connectivity index (χ1n) is 11.2. The Morgan fingerprint density at radius 1 is 0.970 bits per heavy atom. The van der Waals surface area contributed by atoms with Gasteiger partial charge in [-0.3, -0.25) is 9.32 Å². The van der Waals surface area contributed by atoms with Crippen LogP contribution in [0.4, 0.5) is 0 Å². The summed E-state index contributed by atoms with van der Waals surface area (Å²) >= 11 is 0. The number of phosphoric ester groups is 1. The fraction of sp³-hybridized carbons (Fsp3) is 0.346. The zero-order chi connectivity index (χ0) is 23.7. The molecule has 2 aromatic rings. The van der Waals surface area contributed by atoms with Gasteiger partial charge in [0.15, 0.2) is 0 Å². The molecule has 0 unspecified atom stereocenters. The first kappa shape index (κ1) is 25.0. The molecular formula is C26H31O5PSi. The van der Waals surface area contributed by atoms with Crippen molar-refractivity contribution >= 4 is 21.7 Å². The Labute approximate surface area is 197 Å². The van der Waals surface area contributed by atoms with Crippen molar-refractivity contribution in [3.05, 3.63) is 72.8 Å². The molecule has 0 heterocycles. The number of hydrogen-bond donors (Lipinski definition) is 0. The Bertz CT molecular complexity index is 1010. The zero-order valence-electron chi connectivity index (χ0n) is 19.4. The van der Waals surface area contributed by atoms with Crippen molar-refractivity contribution in [1.82, 2.24) is 0 Å². The minimum absolute atomic E-state index is 0.0309. The summed E-state index contributed by atoms with van der Waals surface area (Å²) in [5, 5.41) is 0. The van der Waals surface area contributed by atoms with Crippen molar-refractivity contribution in [2.75, 3.05) is 6.61 Å². The minimum Gasteiger partial charge on any atom is -0.395 e. The van der Waals surface area contributed by atoms with Gasteiger partial charge in [0, 0.05) is 18.3 Å². The third-order valence-corrected chi connectivity index (χ3v) is 7.27. The van der Waals surface area contributed by atoms with Crippen molar-refractivity contribution < 1.29 is 22.9 Å². The maximum atomic E-state index is 13.3. The molecule has 1 aliphatic carbocycles. The molecule has 3 rings (SSSR count). The van der Waals surface area contributed by atoms with E-state index < -0.39 is 15.9 Å². The molecule has 2 aromatic carbocycles. The molecule has 5 nitrogen and oxygen atoms in total. The molecular weight excluding hydrogens is 451 g/mol. The van der Waals surface area contributed by atoms with Crippen LogP contribution in [-0.4, -0.2) is 20.5 Å². The van der Waals surface area contributed by atoms with Crippen molar-refractivity contribution in [1.29, 1.82) is 0 Å². The maximum absolute atomic E-state index is 13.3. The molecule has 174 valence electrons. The SMILES string of the molecule is C[Si](C)(C)C#C[C@H]1CCC(=O)[C@H]1C/C=C\COP(=O)(Oc1ccccc1)Oc1ccccc1. The fourth-order valence-corrected chi connectivity index (χ4v) is 5.21. The van der Waals surface area contributed by atoms with Gasteiger partial charge in [-0.2, -0.15) is 0 Å². The Balaban J connectivity index is 1.61. The highest BCUT2D eigenvalue weighted by Crippen LogP contribution is 2.49. The smallest absolute Gasteiger partial charge is 0.395 e. The third kappa shape index (κ3) is 8.36. The number of hydrogen-bond acceptors (Lipinski definition) is 5.